The molecule has 0 radical (unpaired) electrons. The summed E-state index contributed by atoms with van der Waals surface area (Å²) in [7, 11) is 0. The van der Waals surface area contributed by atoms with Gasteiger partial charge in [-0.2, -0.15) is 0 Å². The molecule has 0 fully saturated rings. The van der Waals surface area contributed by atoms with Gasteiger partial charge in [0.1, 0.15) is 12.1 Å². The first kappa shape index (κ1) is 22.3. The number of hydrogen-bond acceptors (Lipinski definition) is 6. The van der Waals surface area contributed by atoms with Crippen molar-refractivity contribution in [2.75, 3.05) is 17.2 Å². The van der Waals surface area contributed by atoms with Crippen molar-refractivity contribution < 1.29 is 14.7 Å². The van der Waals surface area contributed by atoms with E-state index in [2.05, 4.69) is 25.6 Å². The maximum absolute atomic E-state index is 13.2. The molecule has 4 aromatic rings. The highest BCUT2D eigenvalue weighted by Gasteiger charge is 2.34. The van der Waals surface area contributed by atoms with Gasteiger partial charge >= 0.3 is 6.09 Å². The molecule has 35 heavy (non-hydrogen) atoms. The zero-order valence-electron chi connectivity index (χ0n) is 19.3. The number of carbonyl (C=O) groups excluding carboxylic acids is 1. The Morgan fingerprint density at radius 3 is 2.71 bits per heavy atom. The molecule has 0 bridgehead atoms. The molecule has 0 saturated carbocycles. The smallest absolute Gasteiger partial charge is 0.407 e. The lowest BCUT2D eigenvalue weighted by Gasteiger charge is -2.38. The van der Waals surface area contributed by atoms with Crippen LogP contribution in [0.2, 0.25) is 0 Å². The number of nitrogens with one attached hydrogen (secondary N) is 2. The van der Waals surface area contributed by atoms with Gasteiger partial charge in [0.15, 0.2) is 0 Å². The lowest BCUT2D eigenvalue weighted by atomic mass is 9.78. The van der Waals surface area contributed by atoms with Gasteiger partial charge in [-0.3, -0.25) is 4.79 Å². The second-order valence-electron chi connectivity index (χ2n) is 9.17. The van der Waals surface area contributed by atoms with Gasteiger partial charge in [0.05, 0.1) is 11.1 Å². The molecular weight excluding hydrogens is 444 g/mol. The number of carboxylic acid groups (broad SMARTS) is 1. The summed E-state index contributed by atoms with van der Waals surface area (Å²) in [6.07, 6.45) is 3.88. The summed E-state index contributed by atoms with van der Waals surface area (Å²) in [6.45, 7) is 4.74. The van der Waals surface area contributed by atoms with E-state index in [1.165, 1.54) is 11.2 Å². The predicted octanol–water partition coefficient (Wildman–Crippen LogP) is 4.79. The van der Waals surface area contributed by atoms with E-state index in [-0.39, 0.29) is 17.9 Å². The number of fused-ring (bicyclic) bond motifs is 2. The number of anilines is 3. The molecule has 1 aliphatic heterocycles. The number of amides is 2. The highest BCUT2D eigenvalue weighted by Crippen LogP contribution is 2.35. The van der Waals surface area contributed by atoms with E-state index in [0.717, 1.165) is 27.7 Å². The Kier molecular flexibility index (Phi) is 5.52. The number of pyridine rings is 1. The quantitative estimate of drug-likeness (QED) is 0.394. The summed E-state index contributed by atoms with van der Waals surface area (Å²) < 4.78 is 0. The van der Waals surface area contributed by atoms with Crippen LogP contribution in [0.15, 0.2) is 67.3 Å². The molecule has 0 aliphatic carbocycles. The Balaban J connectivity index is 1.39. The van der Waals surface area contributed by atoms with Crippen LogP contribution in [0.25, 0.3) is 10.9 Å². The number of benzene rings is 2. The minimum Gasteiger partial charge on any atom is -0.465 e. The third-order valence-corrected chi connectivity index (χ3v) is 6.13. The number of hydrogen-bond donors (Lipinski definition) is 3. The summed E-state index contributed by atoms with van der Waals surface area (Å²) >= 11 is 0. The second-order valence-corrected chi connectivity index (χ2v) is 9.17. The van der Waals surface area contributed by atoms with Crippen molar-refractivity contribution in [3.8, 4) is 0 Å². The SMILES string of the molecule is CC1(C)CN(C(=O)O)Cc2cc(NC(=O)c3cccnc3Nc3ccc4ncncc4c3)ccc21. The molecule has 0 saturated heterocycles. The topological polar surface area (TPSA) is 120 Å². The van der Waals surface area contributed by atoms with E-state index in [1.807, 2.05) is 50.2 Å². The summed E-state index contributed by atoms with van der Waals surface area (Å²) in [5.41, 5.74) is 4.18. The predicted molar refractivity (Wildman–Crippen MR) is 133 cm³/mol. The summed E-state index contributed by atoms with van der Waals surface area (Å²) in [6, 6.07) is 14.7. The average Bonchev–Trinajstić information content (AvgIpc) is 2.83. The van der Waals surface area contributed by atoms with E-state index in [0.29, 0.717) is 23.6 Å². The molecule has 9 heteroatoms. The standard InChI is InChI=1S/C26H24N6O3/c1-26(2)14-32(25(34)35)13-17-11-19(5-7-21(17)26)31-24(33)20-4-3-9-28-23(20)30-18-6-8-22-16(10-18)12-27-15-29-22/h3-12,15H,13-14H2,1-2H3,(H,28,30)(H,31,33)(H,34,35). The number of nitrogens with zero attached hydrogens (tertiary/aromatic N) is 4. The minimum absolute atomic E-state index is 0.281. The van der Waals surface area contributed by atoms with Crippen molar-refractivity contribution in [1.82, 2.24) is 19.9 Å². The first-order valence-electron chi connectivity index (χ1n) is 11.1. The van der Waals surface area contributed by atoms with Gasteiger partial charge in [-0.1, -0.05) is 19.9 Å². The Morgan fingerprint density at radius 1 is 1.06 bits per heavy atom. The van der Waals surface area contributed by atoms with Crippen molar-refractivity contribution in [3.63, 3.8) is 0 Å². The third-order valence-electron chi connectivity index (χ3n) is 6.13. The van der Waals surface area contributed by atoms with Crippen LogP contribution in [0, 0.1) is 0 Å². The Hall–Kier alpha value is -4.53. The molecule has 3 N–H and O–H groups in total. The zero-order chi connectivity index (χ0) is 24.6. The molecule has 176 valence electrons. The molecule has 2 amide bonds. The molecule has 9 nitrogen and oxygen atoms in total. The van der Waals surface area contributed by atoms with Crippen LogP contribution >= 0.6 is 0 Å². The fourth-order valence-electron chi connectivity index (χ4n) is 4.51. The van der Waals surface area contributed by atoms with Crippen molar-refractivity contribution in [2.24, 2.45) is 0 Å². The van der Waals surface area contributed by atoms with Crippen LogP contribution in [-0.2, 0) is 12.0 Å². The van der Waals surface area contributed by atoms with Gasteiger partial charge in [-0.15, -0.1) is 0 Å². The molecule has 2 aromatic heterocycles. The second kappa shape index (κ2) is 8.68. The Bertz CT molecular complexity index is 1450. The van der Waals surface area contributed by atoms with Gasteiger partial charge in [-0.05, 0) is 53.6 Å². The molecule has 0 unspecified atom stereocenters. The number of carbonyl (C=O) groups is 2. The minimum atomic E-state index is -0.954. The molecule has 5 rings (SSSR count). The fourth-order valence-corrected chi connectivity index (χ4v) is 4.51. The number of aromatic nitrogens is 3. The molecule has 3 heterocycles. The zero-order valence-corrected chi connectivity index (χ0v) is 19.3. The average molecular weight is 469 g/mol. The summed E-state index contributed by atoms with van der Waals surface area (Å²) in [5.74, 6) is 0.0900. The monoisotopic (exact) mass is 468 g/mol. The van der Waals surface area contributed by atoms with Crippen LogP contribution in [0.3, 0.4) is 0 Å². The Labute approximate surface area is 201 Å². The van der Waals surface area contributed by atoms with Crippen molar-refractivity contribution in [3.05, 3.63) is 83.9 Å². The van der Waals surface area contributed by atoms with Crippen LogP contribution in [0.5, 0.6) is 0 Å². The largest absolute Gasteiger partial charge is 0.465 e. The lowest BCUT2D eigenvalue weighted by molar-refractivity contribution is 0.102. The summed E-state index contributed by atoms with van der Waals surface area (Å²) in [4.78, 5) is 38.8. The van der Waals surface area contributed by atoms with Gasteiger partial charge in [-0.25, -0.2) is 19.7 Å². The fraction of sp³-hybridized carbons (Fsp3) is 0.192. The maximum Gasteiger partial charge on any atom is 0.407 e. The van der Waals surface area contributed by atoms with E-state index in [4.69, 9.17) is 0 Å². The highest BCUT2D eigenvalue weighted by molar-refractivity contribution is 6.08. The van der Waals surface area contributed by atoms with Gasteiger partial charge in [0.25, 0.3) is 5.91 Å². The molecule has 1 aliphatic rings. The molecule has 2 aromatic carbocycles. The van der Waals surface area contributed by atoms with Gasteiger partial charge < -0.3 is 20.6 Å². The summed E-state index contributed by atoms with van der Waals surface area (Å²) in [5, 5.41) is 16.5. The van der Waals surface area contributed by atoms with E-state index < -0.39 is 6.09 Å². The van der Waals surface area contributed by atoms with Gasteiger partial charge in [0, 0.05) is 47.7 Å². The van der Waals surface area contributed by atoms with Crippen LogP contribution in [0.4, 0.5) is 22.0 Å². The maximum atomic E-state index is 13.2. The van der Waals surface area contributed by atoms with Crippen molar-refractivity contribution >= 4 is 40.1 Å². The van der Waals surface area contributed by atoms with E-state index >= 15 is 0 Å². The lowest BCUT2D eigenvalue weighted by Crippen LogP contribution is -2.44. The third kappa shape index (κ3) is 4.48. The van der Waals surface area contributed by atoms with Crippen LogP contribution in [-0.4, -0.2) is 43.5 Å². The van der Waals surface area contributed by atoms with Crippen LogP contribution in [0.1, 0.15) is 35.3 Å². The normalized spacial score (nSPS) is 14.3. The molecule has 0 spiro atoms. The van der Waals surface area contributed by atoms with Crippen LogP contribution < -0.4 is 10.6 Å². The van der Waals surface area contributed by atoms with Crippen molar-refractivity contribution in [2.45, 2.75) is 25.8 Å². The van der Waals surface area contributed by atoms with Gasteiger partial charge in [0.2, 0.25) is 0 Å². The first-order valence-corrected chi connectivity index (χ1v) is 11.1. The Morgan fingerprint density at radius 2 is 1.89 bits per heavy atom. The molecule has 0 atom stereocenters. The molecular formula is C26H24N6O3. The number of rotatable bonds is 4. The van der Waals surface area contributed by atoms with Crippen molar-refractivity contribution in [1.29, 1.82) is 0 Å². The highest BCUT2D eigenvalue weighted by atomic mass is 16.4. The van der Waals surface area contributed by atoms with E-state index in [1.54, 1.807) is 24.5 Å². The van der Waals surface area contributed by atoms with E-state index in [9.17, 15) is 14.7 Å². The first-order chi connectivity index (χ1) is 16.8.